The maximum atomic E-state index is 14.2. The fourth-order valence-corrected chi connectivity index (χ4v) is 9.21. The number of rotatable bonds is 15. The van der Waals surface area contributed by atoms with Crippen LogP contribution in [0.3, 0.4) is 0 Å². The van der Waals surface area contributed by atoms with Crippen LogP contribution in [0.25, 0.3) is 0 Å². The number of nitrogens with zero attached hydrogens (tertiary/aromatic N) is 1. The highest BCUT2D eigenvalue weighted by atomic mass is 32.2. The van der Waals surface area contributed by atoms with Crippen molar-refractivity contribution in [3.05, 3.63) is 120 Å². The number of nitrogens with one attached hydrogen (secondary N) is 2. The predicted molar refractivity (Wildman–Crippen MR) is 197 cm³/mol. The maximum absolute atomic E-state index is 14.2. The van der Waals surface area contributed by atoms with Crippen LogP contribution in [0.2, 0.25) is 0 Å². The molecule has 4 aromatic rings. The lowest BCUT2D eigenvalue weighted by Gasteiger charge is -2.32. The highest BCUT2D eigenvalue weighted by Gasteiger charge is 2.61. The number of alkyl carbamates (subject to hydrolysis) is 1. The van der Waals surface area contributed by atoms with Crippen LogP contribution in [0.5, 0.6) is 0 Å². The maximum Gasteiger partial charge on any atom is 0.407 e. The Morgan fingerprint density at radius 3 is 2.04 bits per heavy atom. The van der Waals surface area contributed by atoms with Gasteiger partial charge in [0.1, 0.15) is 6.04 Å². The van der Waals surface area contributed by atoms with E-state index in [2.05, 4.69) is 10.6 Å². The summed E-state index contributed by atoms with van der Waals surface area (Å²) in [7, 11) is -2.73. The summed E-state index contributed by atoms with van der Waals surface area (Å²) < 4.78 is 34.5. The van der Waals surface area contributed by atoms with Crippen molar-refractivity contribution in [3.63, 3.8) is 0 Å². The number of hydrogen-bond donors (Lipinski definition) is 4. The molecule has 50 heavy (non-hydrogen) atoms. The molecule has 264 valence electrons. The van der Waals surface area contributed by atoms with Crippen LogP contribution in [0.15, 0.2) is 119 Å². The van der Waals surface area contributed by atoms with Gasteiger partial charge in [0.15, 0.2) is 0 Å². The topological polar surface area (TPSA) is 151 Å². The van der Waals surface area contributed by atoms with E-state index in [1.54, 1.807) is 24.3 Å². The van der Waals surface area contributed by atoms with E-state index in [9.17, 15) is 23.1 Å². The van der Waals surface area contributed by atoms with Gasteiger partial charge in [0, 0.05) is 28.8 Å². The van der Waals surface area contributed by atoms with Crippen molar-refractivity contribution in [1.29, 1.82) is 0 Å². The van der Waals surface area contributed by atoms with Gasteiger partial charge >= 0.3 is 6.09 Å². The van der Waals surface area contributed by atoms with E-state index >= 15 is 0 Å². The van der Waals surface area contributed by atoms with Crippen molar-refractivity contribution in [2.24, 2.45) is 5.92 Å². The summed E-state index contributed by atoms with van der Waals surface area (Å²) in [5.74, 6) is -0.535. The average molecular weight is 717 g/mol. The molecule has 0 saturated heterocycles. The number of nitrogen functional groups attached to an aromatic ring is 1. The average Bonchev–Trinajstić information content (AvgIpc) is 3.77. The van der Waals surface area contributed by atoms with E-state index in [0.717, 1.165) is 11.1 Å². The molecular weight excluding hydrogens is 673 g/mol. The van der Waals surface area contributed by atoms with Crippen LogP contribution in [-0.2, 0) is 19.6 Å². The van der Waals surface area contributed by atoms with Gasteiger partial charge in [-0.05, 0) is 66.3 Å². The summed E-state index contributed by atoms with van der Waals surface area (Å²) in [6.07, 6.45) is -0.725. The van der Waals surface area contributed by atoms with E-state index in [4.69, 9.17) is 10.5 Å². The Kier molecular flexibility index (Phi) is 11.9. The van der Waals surface area contributed by atoms with Gasteiger partial charge in [-0.25, -0.2) is 13.2 Å². The number of benzene rings is 4. The molecule has 0 radical (unpaired) electrons. The van der Waals surface area contributed by atoms with E-state index < -0.39 is 45.6 Å². The number of sulfonamides is 1. The van der Waals surface area contributed by atoms with Gasteiger partial charge in [-0.2, -0.15) is 4.31 Å². The van der Waals surface area contributed by atoms with E-state index in [0.29, 0.717) is 22.7 Å². The van der Waals surface area contributed by atoms with Crippen molar-refractivity contribution in [2.45, 2.75) is 60.1 Å². The molecule has 1 unspecified atom stereocenters. The number of methoxy groups -OCH3 is 1. The molecule has 0 spiro atoms. The van der Waals surface area contributed by atoms with Crippen molar-refractivity contribution in [3.8, 4) is 0 Å². The quantitative estimate of drug-likeness (QED) is 0.0852. The van der Waals surface area contributed by atoms with Crippen LogP contribution < -0.4 is 16.4 Å². The molecule has 0 aromatic heterocycles. The number of amides is 2. The van der Waals surface area contributed by atoms with Crippen LogP contribution in [0, 0.1) is 5.92 Å². The third kappa shape index (κ3) is 8.50. The van der Waals surface area contributed by atoms with Gasteiger partial charge in [-0.1, -0.05) is 86.6 Å². The van der Waals surface area contributed by atoms with Gasteiger partial charge in [-0.3, -0.25) is 4.79 Å². The Labute approximate surface area is 298 Å². The molecule has 5 N–H and O–H groups in total. The molecule has 2 amide bonds. The number of ether oxygens (including phenoxy) is 1. The molecule has 0 heterocycles. The molecule has 1 aliphatic carbocycles. The lowest BCUT2D eigenvalue weighted by atomic mass is 9.84. The first-order valence-electron chi connectivity index (χ1n) is 16.5. The minimum absolute atomic E-state index is 0.113. The lowest BCUT2D eigenvalue weighted by molar-refractivity contribution is -0.118. The highest BCUT2D eigenvalue weighted by Crippen LogP contribution is 2.49. The predicted octanol–water partition coefficient (Wildman–Crippen LogP) is 6.10. The molecule has 1 saturated carbocycles. The normalized spacial score (nSPS) is 17.8. The molecule has 0 aliphatic heterocycles. The van der Waals surface area contributed by atoms with E-state index in [1.165, 1.54) is 35.3 Å². The number of anilines is 2. The molecule has 0 bridgehead atoms. The van der Waals surface area contributed by atoms with E-state index in [-0.39, 0.29) is 29.5 Å². The molecule has 3 atom stereocenters. The molecule has 1 aliphatic rings. The first-order chi connectivity index (χ1) is 24.0. The van der Waals surface area contributed by atoms with Gasteiger partial charge in [0.2, 0.25) is 15.9 Å². The minimum Gasteiger partial charge on any atom is -0.453 e. The Hall–Kier alpha value is -4.36. The van der Waals surface area contributed by atoms with Crippen LogP contribution in [0.4, 0.5) is 16.2 Å². The van der Waals surface area contributed by atoms with Crippen molar-refractivity contribution >= 4 is 45.2 Å². The second kappa shape index (κ2) is 16.1. The first kappa shape index (κ1) is 36.9. The zero-order valence-electron chi connectivity index (χ0n) is 28.4. The summed E-state index contributed by atoms with van der Waals surface area (Å²) in [6, 6.07) is 31.2. The summed E-state index contributed by atoms with van der Waals surface area (Å²) in [4.78, 5) is 27.6. The molecule has 1 fully saturated rings. The largest absolute Gasteiger partial charge is 0.453 e. The Morgan fingerprint density at radius 1 is 0.940 bits per heavy atom. The van der Waals surface area contributed by atoms with Crippen LogP contribution in [-0.4, -0.2) is 66.9 Å². The second-order valence-corrected chi connectivity index (χ2v) is 15.7. The van der Waals surface area contributed by atoms with Crippen molar-refractivity contribution in [2.75, 3.05) is 30.5 Å². The van der Waals surface area contributed by atoms with E-state index in [1.807, 2.05) is 86.6 Å². The highest BCUT2D eigenvalue weighted by molar-refractivity contribution is 7.99. The summed E-state index contributed by atoms with van der Waals surface area (Å²) in [5, 5.41) is 16.8. The molecule has 4 aromatic carbocycles. The lowest BCUT2D eigenvalue weighted by Crippen LogP contribution is -2.48. The molecule has 10 nitrogen and oxygen atoms in total. The Balaban J connectivity index is 1.43. The second-order valence-electron chi connectivity index (χ2n) is 12.8. The van der Waals surface area contributed by atoms with Gasteiger partial charge < -0.3 is 26.2 Å². The number of aliphatic hydroxyl groups excluding tert-OH is 1. The van der Waals surface area contributed by atoms with Gasteiger partial charge in [-0.15, -0.1) is 11.8 Å². The van der Waals surface area contributed by atoms with Crippen LogP contribution in [0.1, 0.15) is 43.7 Å². The van der Waals surface area contributed by atoms with Gasteiger partial charge in [0.05, 0.1) is 29.3 Å². The summed E-state index contributed by atoms with van der Waals surface area (Å²) in [5.41, 5.74) is 7.39. The first-order valence-corrected chi connectivity index (χ1v) is 18.9. The number of carbonyl (C=O) groups excluding carboxylic acids is 2. The standard InChI is InChI=1S/C38H44N4O6S2/c1-26(2)22-23-42(50(46,47)30-20-18-29(39)19-21-30)38(24-33(38)43)25-49-32-17-11-10-16-31(32)40-36(44)35(41-37(45)48-3)34(27-12-6-4-7-13-27)28-14-8-5-9-15-28/h4-21,26,33-35,43H,22-25,39H2,1-3H3,(H,40,44)(H,41,45)/t33-,35+,38?/m1/s1. The third-order valence-corrected chi connectivity index (χ3v) is 12.2. The number of nitrogens with two attached hydrogens (primary N) is 1. The Bertz CT molecular complexity index is 1820. The number of para-hydroxylation sites is 1. The molecule has 12 heteroatoms. The summed E-state index contributed by atoms with van der Waals surface area (Å²) in [6.45, 7) is 4.29. The smallest absolute Gasteiger partial charge is 0.407 e. The number of aliphatic hydroxyl groups is 1. The zero-order chi connectivity index (χ0) is 35.9. The van der Waals surface area contributed by atoms with Crippen LogP contribution >= 0.6 is 11.8 Å². The molecular formula is C38H44N4O6S2. The number of thioether (sulfide) groups is 1. The fraction of sp³-hybridized carbons (Fsp3) is 0.316. The number of hydrogen-bond acceptors (Lipinski definition) is 8. The number of carbonyl (C=O) groups is 2. The molecule has 5 rings (SSSR count). The Morgan fingerprint density at radius 2 is 1.50 bits per heavy atom. The zero-order valence-corrected chi connectivity index (χ0v) is 30.0. The van der Waals surface area contributed by atoms with Gasteiger partial charge in [0.25, 0.3) is 0 Å². The van der Waals surface area contributed by atoms with Crippen molar-refractivity contribution in [1.82, 2.24) is 9.62 Å². The third-order valence-electron chi connectivity index (χ3n) is 8.90. The summed E-state index contributed by atoms with van der Waals surface area (Å²) >= 11 is 1.36. The van der Waals surface area contributed by atoms with Crippen molar-refractivity contribution < 1.29 is 27.9 Å². The SMILES string of the molecule is COC(=O)N[C@H](C(=O)Nc1ccccc1SCC1(N(CCC(C)C)S(=O)(=O)c2ccc(N)cc2)C[C@H]1O)C(c1ccccc1)c1ccccc1. The fourth-order valence-electron chi connectivity index (χ4n) is 5.99. The monoisotopic (exact) mass is 716 g/mol. The minimum atomic E-state index is -3.98.